The van der Waals surface area contributed by atoms with Crippen molar-refractivity contribution in [1.29, 1.82) is 0 Å². The van der Waals surface area contributed by atoms with Crippen LogP contribution in [0.5, 0.6) is 0 Å². The number of carbonyl (C=O) groups excluding carboxylic acids is 2. The molecule has 0 spiro atoms. The Kier molecular flexibility index (Phi) is 6.84. The molecule has 0 aliphatic heterocycles. The Morgan fingerprint density at radius 3 is 2.11 bits per heavy atom. The van der Waals surface area contributed by atoms with E-state index in [1.165, 1.54) is 0 Å². The highest BCUT2D eigenvalue weighted by Crippen LogP contribution is 2.07. The molecule has 110 valence electrons. The largest absolute Gasteiger partial charge is 0.480 e. The third kappa shape index (κ3) is 7.98. The molecule has 0 fully saturated rings. The van der Waals surface area contributed by atoms with Crippen molar-refractivity contribution < 1.29 is 19.5 Å². The van der Waals surface area contributed by atoms with Crippen LogP contribution in [0.15, 0.2) is 0 Å². The number of amides is 3. The van der Waals surface area contributed by atoms with Gasteiger partial charge in [0.1, 0.15) is 6.54 Å². The second-order valence-electron chi connectivity index (χ2n) is 4.91. The molecule has 0 aliphatic rings. The summed E-state index contributed by atoms with van der Waals surface area (Å²) < 4.78 is 0. The minimum Gasteiger partial charge on any atom is -0.480 e. The van der Waals surface area contributed by atoms with E-state index in [-0.39, 0.29) is 12.1 Å². The zero-order valence-electron chi connectivity index (χ0n) is 11.7. The molecular formula is C11H22N4O4. The first kappa shape index (κ1) is 17.2. The van der Waals surface area contributed by atoms with E-state index in [4.69, 9.17) is 5.11 Å². The number of hydrogen-bond acceptors (Lipinski definition) is 4. The van der Waals surface area contributed by atoms with E-state index in [2.05, 4.69) is 16.0 Å². The molecule has 0 aromatic rings. The van der Waals surface area contributed by atoms with Gasteiger partial charge in [0.25, 0.3) is 0 Å². The van der Waals surface area contributed by atoms with Crippen LogP contribution < -0.4 is 16.0 Å². The van der Waals surface area contributed by atoms with Crippen molar-refractivity contribution in [2.24, 2.45) is 0 Å². The fourth-order valence-corrected chi connectivity index (χ4v) is 0.914. The van der Waals surface area contributed by atoms with Gasteiger partial charge in [-0.25, -0.2) is 4.79 Å². The van der Waals surface area contributed by atoms with Crippen LogP contribution in [-0.4, -0.2) is 67.2 Å². The fraction of sp³-hybridized carbons (Fsp3) is 0.727. The molecule has 0 saturated carbocycles. The van der Waals surface area contributed by atoms with Gasteiger partial charge in [0.2, 0.25) is 5.91 Å². The molecule has 8 heteroatoms. The van der Waals surface area contributed by atoms with Crippen LogP contribution in [0.25, 0.3) is 0 Å². The summed E-state index contributed by atoms with van der Waals surface area (Å²) in [5.41, 5.74) is -0.205. The average molecular weight is 274 g/mol. The number of carbonyl (C=O) groups is 3. The standard InChI is InChI=1S/C11H22N4O4/c1-11(2,15(3)4)7-14-10(19)13-5-8(16)12-6-9(17)18/h5-7H2,1-4H3,(H,12,16)(H,17,18)(H2,13,14,19). The molecular weight excluding hydrogens is 252 g/mol. The van der Waals surface area contributed by atoms with Gasteiger partial charge < -0.3 is 26.0 Å². The molecule has 4 N–H and O–H groups in total. The van der Waals surface area contributed by atoms with Crippen LogP contribution in [0.1, 0.15) is 13.8 Å². The van der Waals surface area contributed by atoms with Gasteiger partial charge in [-0.3, -0.25) is 9.59 Å². The Morgan fingerprint density at radius 2 is 1.63 bits per heavy atom. The number of rotatable bonds is 7. The molecule has 3 amide bonds. The number of carboxylic acids is 1. The van der Waals surface area contributed by atoms with Crippen LogP contribution in [0, 0.1) is 0 Å². The second-order valence-corrected chi connectivity index (χ2v) is 4.91. The quantitative estimate of drug-likeness (QED) is 0.467. The summed E-state index contributed by atoms with van der Waals surface area (Å²) >= 11 is 0. The van der Waals surface area contributed by atoms with Gasteiger partial charge in [0, 0.05) is 12.1 Å². The molecule has 0 aliphatic carbocycles. The van der Waals surface area contributed by atoms with Gasteiger partial charge in [0.15, 0.2) is 0 Å². The highest BCUT2D eigenvalue weighted by Gasteiger charge is 2.21. The lowest BCUT2D eigenvalue weighted by Gasteiger charge is -2.32. The van der Waals surface area contributed by atoms with E-state index < -0.39 is 24.5 Å². The molecule has 0 aromatic carbocycles. The first-order valence-corrected chi connectivity index (χ1v) is 5.83. The van der Waals surface area contributed by atoms with E-state index in [9.17, 15) is 14.4 Å². The Labute approximate surface area is 112 Å². The van der Waals surface area contributed by atoms with Crippen molar-refractivity contribution in [1.82, 2.24) is 20.9 Å². The molecule has 0 heterocycles. The van der Waals surface area contributed by atoms with E-state index in [0.717, 1.165) is 0 Å². The lowest BCUT2D eigenvalue weighted by molar-refractivity contribution is -0.137. The summed E-state index contributed by atoms with van der Waals surface area (Å²) in [4.78, 5) is 34.7. The van der Waals surface area contributed by atoms with Gasteiger partial charge in [0.05, 0.1) is 6.54 Å². The summed E-state index contributed by atoms with van der Waals surface area (Å²) in [6, 6.07) is -0.472. The van der Waals surface area contributed by atoms with Gasteiger partial charge in [-0.15, -0.1) is 0 Å². The molecule has 8 nitrogen and oxygen atoms in total. The second kappa shape index (κ2) is 7.57. The zero-order valence-corrected chi connectivity index (χ0v) is 11.7. The smallest absolute Gasteiger partial charge is 0.322 e. The van der Waals surface area contributed by atoms with Crippen molar-refractivity contribution >= 4 is 17.9 Å². The molecule has 0 radical (unpaired) electrons. The van der Waals surface area contributed by atoms with Gasteiger partial charge in [-0.05, 0) is 27.9 Å². The van der Waals surface area contributed by atoms with Crippen LogP contribution in [0.2, 0.25) is 0 Å². The van der Waals surface area contributed by atoms with Crippen molar-refractivity contribution in [2.45, 2.75) is 19.4 Å². The summed E-state index contributed by atoms with van der Waals surface area (Å²) in [6.45, 7) is 3.62. The molecule has 0 atom stereocenters. The first-order valence-electron chi connectivity index (χ1n) is 5.83. The Morgan fingerprint density at radius 1 is 1.05 bits per heavy atom. The number of aliphatic carboxylic acids is 1. The third-order valence-electron chi connectivity index (χ3n) is 2.74. The topological polar surface area (TPSA) is 111 Å². The Balaban J connectivity index is 3.88. The predicted molar refractivity (Wildman–Crippen MR) is 69.8 cm³/mol. The Bertz CT molecular complexity index is 342. The van der Waals surface area contributed by atoms with E-state index in [1.54, 1.807) is 0 Å². The number of likely N-dealkylation sites (N-methyl/N-ethyl adjacent to an activating group) is 1. The number of hydrogen-bond donors (Lipinski definition) is 4. The zero-order chi connectivity index (χ0) is 15.1. The molecule has 0 aromatic heterocycles. The maximum Gasteiger partial charge on any atom is 0.322 e. The molecule has 0 unspecified atom stereocenters. The molecule has 19 heavy (non-hydrogen) atoms. The molecule has 0 saturated heterocycles. The number of urea groups is 1. The normalized spacial score (nSPS) is 11.0. The van der Waals surface area contributed by atoms with Crippen LogP contribution >= 0.6 is 0 Å². The Hall–Kier alpha value is -1.83. The van der Waals surface area contributed by atoms with Crippen LogP contribution in [0.3, 0.4) is 0 Å². The van der Waals surface area contributed by atoms with Crippen molar-refractivity contribution in [2.75, 3.05) is 33.7 Å². The van der Waals surface area contributed by atoms with Crippen LogP contribution in [-0.2, 0) is 9.59 Å². The predicted octanol–water partition coefficient (Wildman–Crippen LogP) is -1.17. The van der Waals surface area contributed by atoms with Crippen molar-refractivity contribution in [3.8, 4) is 0 Å². The molecule has 0 rings (SSSR count). The minimum atomic E-state index is -1.13. The van der Waals surface area contributed by atoms with E-state index in [1.807, 2.05) is 32.8 Å². The van der Waals surface area contributed by atoms with Gasteiger partial charge in [-0.2, -0.15) is 0 Å². The fourth-order valence-electron chi connectivity index (χ4n) is 0.914. The maximum atomic E-state index is 11.4. The highest BCUT2D eigenvalue weighted by molar-refractivity contribution is 5.86. The molecule has 0 bridgehead atoms. The minimum absolute atomic E-state index is 0.205. The van der Waals surface area contributed by atoms with Gasteiger partial charge in [-0.1, -0.05) is 0 Å². The summed E-state index contributed by atoms with van der Waals surface area (Å²) in [6.07, 6.45) is 0. The first-order chi connectivity index (χ1) is 8.65. The third-order valence-corrected chi connectivity index (χ3v) is 2.74. The number of nitrogens with zero attached hydrogens (tertiary/aromatic N) is 1. The van der Waals surface area contributed by atoms with Gasteiger partial charge >= 0.3 is 12.0 Å². The maximum absolute atomic E-state index is 11.4. The lowest BCUT2D eigenvalue weighted by Crippen LogP contribution is -2.51. The number of carboxylic acid groups (broad SMARTS) is 1. The lowest BCUT2D eigenvalue weighted by atomic mass is 10.1. The van der Waals surface area contributed by atoms with E-state index in [0.29, 0.717) is 6.54 Å². The van der Waals surface area contributed by atoms with E-state index >= 15 is 0 Å². The average Bonchev–Trinajstić information content (AvgIpc) is 2.31. The van der Waals surface area contributed by atoms with Crippen molar-refractivity contribution in [3.05, 3.63) is 0 Å². The number of nitrogens with one attached hydrogen (secondary N) is 3. The van der Waals surface area contributed by atoms with Crippen molar-refractivity contribution in [3.63, 3.8) is 0 Å². The SMILES string of the molecule is CN(C)C(C)(C)CNC(=O)NCC(=O)NCC(=O)O. The monoisotopic (exact) mass is 274 g/mol. The highest BCUT2D eigenvalue weighted by atomic mass is 16.4. The summed E-state index contributed by atoms with van der Waals surface area (Å²) in [7, 11) is 3.80. The van der Waals surface area contributed by atoms with Crippen LogP contribution in [0.4, 0.5) is 4.79 Å². The summed E-state index contributed by atoms with van der Waals surface area (Å²) in [5, 5.41) is 15.5. The summed E-state index contributed by atoms with van der Waals surface area (Å²) in [5.74, 6) is -1.69.